The van der Waals surface area contributed by atoms with E-state index in [0.717, 1.165) is 22.3 Å². The number of benzene rings is 4. The molecular formula is C33H31N3O4. The van der Waals surface area contributed by atoms with Crippen LogP contribution in [0.15, 0.2) is 121 Å². The molecule has 0 spiro atoms. The second-order valence-electron chi connectivity index (χ2n) is 9.26. The fourth-order valence-corrected chi connectivity index (χ4v) is 4.44. The van der Waals surface area contributed by atoms with Gasteiger partial charge in [-0.25, -0.2) is 10.3 Å². The van der Waals surface area contributed by atoms with Crippen LogP contribution >= 0.6 is 0 Å². The number of nitrogens with one attached hydrogen (secondary N) is 2. The van der Waals surface area contributed by atoms with Crippen LogP contribution in [0.25, 0.3) is 6.08 Å². The number of nitrogens with zero attached hydrogens (tertiary/aromatic N) is 1. The minimum Gasteiger partial charge on any atom is -0.320 e. The highest BCUT2D eigenvalue weighted by Gasteiger charge is 2.21. The van der Waals surface area contributed by atoms with E-state index < -0.39 is 17.8 Å². The van der Waals surface area contributed by atoms with E-state index in [0.29, 0.717) is 18.5 Å². The topological polar surface area (TPSA) is 98.7 Å². The second kappa shape index (κ2) is 14.2. The molecule has 0 saturated heterocycles. The van der Waals surface area contributed by atoms with Crippen molar-refractivity contribution in [3.05, 3.63) is 149 Å². The fourth-order valence-electron chi connectivity index (χ4n) is 4.44. The van der Waals surface area contributed by atoms with Crippen LogP contribution in [0.4, 0.5) is 4.79 Å². The van der Waals surface area contributed by atoms with Gasteiger partial charge in [-0.1, -0.05) is 103 Å². The maximum absolute atomic E-state index is 13.4. The number of rotatable bonds is 10. The van der Waals surface area contributed by atoms with Gasteiger partial charge >= 0.3 is 6.03 Å². The van der Waals surface area contributed by atoms with Gasteiger partial charge < -0.3 is 4.90 Å². The first kappa shape index (κ1) is 28.0. The van der Waals surface area contributed by atoms with E-state index in [1.165, 1.54) is 6.08 Å². The lowest BCUT2D eigenvalue weighted by Crippen LogP contribution is -2.43. The standard InChI is InChI=1S/C33H31N3O4/c37-31(35-40)21-20-25-16-18-26(19-17-25)24-36(33(39)34-32(38)29-14-8-3-9-15-29)23-22-30(27-10-4-1-5-11-27)28-12-6-2-7-13-28/h1-21,30,40H,22-24H2,(H,35,37)(H,34,38,39). The van der Waals surface area contributed by atoms with E-state index in [1.54, 1.807) is 40.7 Å². The Labute approximate surface area is 233 Å². The summed E-state index contributed by atoms with van der Waals surface area (Å²) in [5.74, 6) is -1.02. The molecule has 7 heteroatoms. The number of carbonyl (C=O) groups is 3. The number of hydrogen-bond acceptors (Lipinski definition) is 4. The molecule has 3 N–H and O–H groups in total. The van der Waals surface area contributed by atoms with Gasteiger partial charge in [0.2, 0.25) is 0 Å². The zero-order valence-electron chi connectivity index (χ0n) is 21.9. The Kier molecular flexibility index (Phi) is 9.96. The fraction of sp³-hybridized carbons (Fsp3) is 0.121. The van der Waals surface area contributed by atoms with Crippen molar-refractivity contribution in [2.75, 3.05) is 6.54 Å². The van der Waals surface area contributed by atoms with Crippen molar-refractivity contribution in [1.82, 2.24) is 15.7 Å². The first-order valence-electron chi connectivity index (χ1n) is 13.0. The zero-order chi connectivity index (χ0) is 28.2. The highest BCUT2D eigenvalue weighted by molar-refractivity contribution is 6.04. The van der Waals surface area contributed by atoms with E-state index in [2.05, 4.69) is 29.6 Å². The Bertz CT molecular complexity index is 1380. The summed E-state index contributed by atoms with van der Waals surface area (Å²) < 4.78 is 0. The minimum absolute atomic E-state index is 0.0627. The van der Waals surface area contributed by atoms with Crippen molar-refractivity contribution < 1.29 is 19.6 Å². The lowest BCUT2D eigenvalue weighted by atomic mass is 9.88. The van der Waals surface area contributed by atoms with Crippen LogP contribution in [0.2, 0.25) is 0 Å². The number of imide groups is 1. The molecule has 0 fully saturated rings. The summed E-state index contributed by atoms with van der Waals surface area (Å²) in [4.78, 5) is 39.1. The molecule has 0 aliphatic heterocycles. The van der Waals surface area contributed by atoms with Crippen molar-refractivity contribution >= 4 is 23.9 Å². The average molecular weight is 534 g/mol. The SMILES string of the molecule is O=C(C=Cc1ccc(CN(CCC(c2ccccc2)c2ccccc2)C(=O)NC(=O)c2ccccc2)cc1)NO. The van der Waals surface area contributed by atoms with Gasteiger partial charge in [-0.2, -0.15) is 0 Å². The van der Waals surface area contributed by atoms with Crippen LogP contribution in [-0.4, -0.2) is 34.5 Å². The lowest BCUT2D eigenvalue weighted by molar-refractivity contribution is -0.124. The van der Waals surface area contributed by atoms with E-state index in [-0.39, 0.29) is 12.5 Å². The second-order valence-corrected chi connectivity index (χ2v) is 9.26. The molecule has 4 amide bonds. The van der Waals surface area contributed by atoms with E-state index in [9.17, 15) is 14.4 Å². The predicted octanol–water partition coefficient (Wildman–Crippen LogP) is 5.78. The molecule has 0 unspecified atom stereocenters. The predicted molar refractivity (Wildman–Crippen MR) is 154 cm³/mol. The van der Waals surface area contributed by atoms with Crippen LogP contribution in [0.1, 0.15) is 45.0 Å². The number of urea groups is 1. The summed E-state index contributed by atoms with van der Waals surface area (Å²) in [7, 11) is 0. The third-order valence-electron chi connectivity index (χ3n) is 6.53. The van der Waals surface area contributed by atoms with Crippen molar-refractivity contribution in [3.8, 4) is 0 Å². The highest BCUT2D eigenvalue weighted by atomic mass is 16.5. The van der Waals surface area contributed by atoms with Crippen molar-refractivity contribution in [3.63, 3.8) is 0 Å². The molecule has 0 saturated carbocycles. The van der Waals surface area contributed by atoms with Gasteiger partial charge in [0, 0.05) is 30.6 Å². The van der Waals surface area contributed by atoms with Gasteiger partial charge in [0.1, 0.15) is 0 Å². The first-order valence-corrected chi connectivity index (χ1v) is 13.0. The molecule has 7 nitrogen and oxygen atoms in total. The molecule has 0 radical (unpaired) electrons. The average Bonchev–Trinajstić information content (AvgIpc) is 3.01. The van der Waals surface area contributed by atoms with Crippen LogP contribution in [0.3, 0.4) is 0 Å². The van der Waals surface area contributed by atoms with E-state index in [1.807, 2.05) is 66.7 Å². The molecule has 4 aromatic rings. The summed E-state index contributed by atoms with van der Waals surface area (Å²) in [6.07, 6.45) is 3.44. The van der Waals surface area contributed by atoms with E-state index >= 15 is 0 Å². The zero-order valence-corrected chi connectivity index (χ0v) is 21.9. The summed E-state index contributed by atoms with van der Waals surface area (Å²) in [5.41, 5.74) is 5.89. The molecule has 4 aromatic carbocycles. The molecule has 40 heavy (non-hydrogen) atoms. The molecule has 0 aliphatic rings. The molecule has 202 valence electrons. The normalized spacial score (nSPS) is 10.8. The summed E-state index contributed by atoms with van der Waals surface area (Å²) in [6.45, 7) is 0.687. The maximum atomic E-state index is 13.4. The molecule has 0 bridgehead atoms. The summed E-state index contributed by atoms with van der Waals surface area (Å²) in [5, 5.41) is 11.2. The molecular weight excluding hydrogens is 502 g/mol. The molecule has 4 rings (SSSR count). The van der Waals surface area contributed by atoms with Crippen molar-refractivity contribution in [2.24, 2.45) is 0 Å². The Morgan fingerprint density at radius 3 is 1.85 bits per heavy atom. The minimum atomic E-state index is -0.624. The van der Waals surface area contributed by atoms with Crippen LogP contribution in [-0.2, 0) is 11.3 Å². The first-order chi connectivity index (χ1) is 19.5. The summed E-state index contributed by atoms with van der Waals surface area (Å²) >= 11 is 0. The third-order valence-corrected chi connectivity index (χ3v) is 6.53. The number of amides is 4. The smallest absolute Gasteiger partial charge is 0.320 e. The Morgan fingerprint density at radius 1 is 0.750 bits per heavy atom. The molecule has 0 aliphatic carbocycles. The Hall–Kier alpha value is -5.01. The maximum Gasteiger partial charge on any atom is 0.324 e. The Balaban J connectivity index is 1.54. The largest absolute Gasteiger partial charge is 0.324 e. The van der Waals surface area contributed by atoms with Gasteiger partial charge in [-0.3, -0.25) is 20.1 Å². The van der Waals surface area contributed by atoms with Crippen molar-refractivity contribution in [2.45, 2.75) is 18.9 Å². The summed E-state index contributed by atoms with van der Waals surface area (Å²) in [6, 6.07) is 35.9. The van der Waals surface area contributed by atoms with Crippen LogP contribution < -0.4 is 10.8 Å². The lowest BCUT2D eigenvalue weighted by Gasteiger charge is -2.26. The van der Waals surface area contributed by atoms with Gasteiger partial charge in [0.05, 0.1) is 0 Å². The Morgan fingerprint density at radius 2 is 1.30 bits per heavy atom. The van der Waals surface area contributed by atoms with Crippen LogP contribution in [0.5, 0.6) is 0 Å². The van der Waals surface area contributed by atoms with E-state index in [4.69, 9.17) is 5.21 Å². The molecule has 0 aromatic heterocycles. The highest BCUT2D eigenvalue weighted by Crippen LogP contribution is 2.28. The van der Waals surface area contributed by atoms with Crippen LogP contribution in [0, 0.1) is 0 Å². The van der Waals surface area contributed by atoms with Gasteiger partial charge in [-0.05, 0) is 46.9 Å². The number of hydrogen-bond donors (Lipinski definition) is 3. The quantitative estimate of drug-likeness (QED) is 0.137. The number of hydroxylamine groups is 1. The third kappa shape index (κ3) is 7.99. The van der Waals surface area contributed by atoms with Gasteiger partial charge in [0.25, 0.3) is 11.8 Å². The number of carbonyl (C=O) groups excluding carboxylic acids is 3. The van der Waals surface area contributed by atoms with Gasteiger partial charge in [-0.15, -0.1) is 0 Å². The van der Waals surface area contributed by atoms with Crippen molar-refractivity contribution in [1.29, 1.82) is 0 Å². The monoisotopic (exact) mass is 533 g/mol. The molecule has 0 heterocycles. The molecule has 0 atom stereocenters. The van der Waals surface area contributed by atoms with Gasteiger partial charge in [0.15, 0.2) is 0 Å².